The molecule has 1 unspecified atom stereocenters. The van der Waals surface area contributed by atoms with Crippen molar-refractivity contribution in [2.24, 2.45) is 17.3 Å². The number of amides is 3. The standard InChI is InChI=1S/C30H35N5O7/c1-18-8-10-21(11-9-18)25(32-28(39)42-17-20-6-4-3-5-7-20)23-16-34-24(31-23)13-12-22(33-34)15-30(27(37)38)14-19(2)35(26(30)36)29(40)41/h3-7,12-13,16,18-19,21,25H,8-11,14-15,17H2,1-2H3,(H,32,39)(H,37,38)(H,40,41)/t18?,19-,21?,25+,30?/m1/s1. The number of nitrogens with one attached hydrogen (secondary N) is 1. The van der Waals surface area contributed by atoms with Gasteiger partial charge in [0.05, 0.1) is 23.6 Å². The third-order valence-electron chi connectivity index (χ3n) is 8.54. The zero-order valence-electron chi connectivity index (χ0n) is 23.6. The molecule has 42 heavy (non-hydrogen) atoms. The lowest BCUT2D eigenvalue weighted by Crippen LogP contribution is -2.44. The Labute approximate surface area is 242 Å². The molecule has 1 aliphatic carbocycles. The first-order valence-electron chi connectivity index (χ1n) is 14.2. The Hall–Kier alpha value is -4.48. The van der Waals surface area contributed by atoms with E-state index in [9.17, 15) is 29.4 Å². The number of benzene rings is 1. The first-order chi connectivity index (χ1) is 20.1. The fourth-order valence-electron chi connectivity index (χ4n) is 6.23. The molecule has 3 aromatic rings. The molecule has 222 valence electrons. The number of aromatic nitrogens is 3. The van der Waals surface area contributed by atoms with E-state index in [-0.39, 0.29) is 25.4 Å². The first-order valence-corrected chi connectivity index (χ1v) is 14.2. The number of carbonyl (C=O) groups is 4. The molecule has 12 heteroatoms. The van der Waals surface area contributed by atoms with Gasteiger partial charge in [-0.3, -0.25) is 9.59 Å². The summed E-state index contributed by atoms with van der Waals surface area (Å²) in [4.78, 5) is 55.1. The molecule has 1 saturated heterocycles. The maximum absolute atomic E-state index is 13.0. The molecule has 1 saturated carbocycles. The predicted octanol–water partition coefficient (Wildman–Crippen LogP) is 4.44. The summed E-state index contributed by atoms with van der Waals surface area (Å²) in [5, 5.41) is 27.0. The van der Waals surface area contributed by atoms with Crippen molar-refractivity contribution in [2.45, 2.75) is 71.1 Å². The molecule has 0 radical (unpaired) electrons. The minimum Gasteiger partial charge on any atom is -0.480 e. The smallest absolute Gasteiger partial charge is 0.414 e. The number of fused-ring (bicyclic) bond motifs is 1. The number of likely N-dealkylation sites (tertiary alicyclic amines) is 1. The number of hydrogen-bond acceptors (Lipinski definition) is 7. The highest BCUT2D eigenvalue weighted by Gasteiger charge is 2.58. The van der Waals surface area contributed by atoms with Crippen molar-refractivity contribution in [3.63, 3.8) is 0 Å². The Bertz CT molecular complexity index is 1480. The number of nitrogens with zero attached hydrogens (tertiary/aromatic N) is 4. The van der Waals surface area contributed by atoms with Gasteiger partial charge < -0.3 is 20.3 Å². The van der Waals surface area contributed by atoms with E-state index in [1.54, 1.807) is 18.3 Å². The van der Waals surface area contributed by atoms with Crippen molar-refractivity contribution in [2.75, 3.05) is 0 Å². The molecule has 3 N–H and O–H groups in total. The number of alkyl carbamates (subject to hydrolysis) is 1. The Morgan fingerprint density at radius 2 is 1.79 bits per heavy atom. The number of imide groups is 1. The van der Waals surface area contributed by atoms with Gasteiger partial charge in [0.2, 0.25) is 5.91 Å². The van der Waals surface area contributed by atoms with E-state index in [0.717, 1.165) is 31.2 Å². The Morgan fingerprint density at radius 1 is 1.07 bits per heavy atom. The number of carboxylic acid groups (broad SMARTS) is 2. The van der Waals surface area contributed by atoms with Gasteiger partial charge in [-0.05, 0) is 55.7 Å². The molecule has 12 nitrogen and oxygen atoms in total. The summed E-state index contributed by atoms with van der Waals surface area (Å²) >= 11 is 0. The SMILES string of the molecule is CC1CCC([C@H](NC(=O)OCc2ccccc2)c2cn3nc(CC4(C(=O)O)C[C@@H](C)N(C(=O)O)C4=O)ccc3n2)CC1. The first kappa shape index (κ1) is 29.0. The Balaban J connectivity index is 1.39. The van der Waals surface area contributed by atoms with Crippen molar-refractivity contribution in [3.05, 3.63) is 65.6 Å². The van der Waals surface area contributed by atoms with E-state index in [2.05, 4.69) is 17.3 Å². The van der Waals surface area contributed by atoms with E-state index in [4.69, 9.17) is 9.72 Å². The minimum absolute atomic E-state index is 0.138. The van der Waals surface area contributed by atoms with Gasteiger partial charge in [0.15, 0.2) is 11.1 Å². The molecule has 1 aromatic carbocycles. The predicted molar refractivity (Wildman–Crippen MR) is 149 cm³/mol. The number of imidazole rings is 1. The van der Waals surface area contributed by atoms with Crippen LogP contribution in [0.15, 0.2) is 48.7 Å². The van der Waals surface area contributed by atoms with E-state index >= 15 is 0 Å². The lowest BCUT2D eigenvalue weighted by molar-refractivity contribution is -0.155. The highest BCUT2D eigenvalue weighted by atomic mass is 16.5. The van der Waals surface area contributed by atoms with Crippen LogP contribution in [0.3, 0.4) is 0 Å². The molecule has 3 atom stereocenters. The molecule has 2 fully saturated rings. The van der Waals surface area contributed by atoms with Gasteiger partial charge in [-0.25, -0.2) is 24.0 Å². The minimum atomic E-state index is -1.94. The van der Waals surface area contributed by atoms with Gasteiger partial charge in [0.25, 0.3) is 0 Å². The second-order valence-electron chi connectivity index (χ2n) is 11.6. The van der Waals surface area contributed by atoms with E-state index in [1.807, 2.05) is 30.3 Å². The maximum Gasteiger partial charge on any atom is 0.414 e. The van der Waals surface area contributed by atoms with Crippen LogP contribution in [0.4, 0.5) is 9.59 Å². The van der Waals surface area contributed by atoms with Gasteiger partial charge in [-0.2, -0.15) is 5.10 Å². The molecule has 0 bridgehead atoms. The maximum atomic E-state index is 13.0. The van der Waals surface area contributed by atoms with Crippen LogP contribution in [-0.4, -0.2) is 59.8 Å². The van der Waals surface area contributed by atoms with Crippen LogP contribution < -0.4 is 5.32 Å². The summed E-state index contributed by atoms with van der Waals surface area (Å²) in [5.41, 5.74) is 0.338. The number of hydrogen-bond donors (Lipinski definition) is 3. The molecule has 3 amide bonds. The highest BCUT2D eigenvalue weighted by Crippen LogP contribution is 2.40. The molecule has 5 rings (SSSR count). The van der Waals surface area contributed by atoms with Crippen molar-refractivity contribution in [3.8, 4) is 0 Å². The summed E-state index contributed by atoms with van der Waals surface area (Å²) in [5.74, 6) is -1.60. The molecule has 1 aliphatic heterocycles. The van der Waals surface area contributed by atoms with Gasteiger partial charge in [0.1, 0.15) is 6.61 Å². The van der Waals surface area contributed by atoms with Crippen LogP contribution in [0.1, 0.15) is 68.9 Å². The van der Waals surface area contributed by atoms with Crippen molar-refractivity contribution in [1.29, 1.82) is 0 Å². The number of carboxylic acids is 1. The van der Waals surface area contributed by atoms with Crippen LogP contribution in [-0.2, 0) is 27.4 Å². The second-order valence-corrected chi connectivity index (χ2v) is 11.6. The Morgan fingerprint density at radius 3 is 2.43 bits per heavy atom. The van der Waals surface area contributed by atoms with Crippen molar-refractivity contribution < 1.29 is 34.1 Å². The molecule has 0 spiro atoms. The van der Waals surface area contributed by atoms with Gasteiger partial charge in [-0.15, -0.1) is 0 Å². The summed E-state index contributed by atoms with van der Waals surface area (Å²) in [6.07, 6.45) is 3.16. The average molecular weight is 578 g/mol. The lowest BCUT2D eigenvalue weighted by Gasteiger charge is -2.32. The number of ether oxygens (including phenoxy) is 1. The largest absolute Gasteiger partial charge is 0.480 e. The molecule has 3 heterocycles. The molecular formula is C30H35N5O7. The quantitative estimate of drug-likeness (QED) is 0.329. The van der Waals surface area contributed by atoms with E-state index in [0.29, 0.717) is 27.9 Å². The second kappa shape index (κ2) is 11.8. The van der Waals surface area contributed by atoms with Crippen LogP contribution in [0.25, 0.3) is 5.65 Å². The average Bonchev–Trinajstić information content (AvgIpc) is 3.49. The third-order valence-corrected chi connectivity index (χ3v) is 8.54. The zero-order valence-corrected chi connectivity index (χ0v) is 23.6. The fourth-order valence-corrected chi connectivity index (χ4v) is 6.23. The number of aliphatic carboxylic acids is 1. The van der Waals surface area contributed by atoms with Gasteiger partial charge in [-0.1, -0.05) is 50.1 Å². The van der Waals surface area contributed by atoms with Crippen molar-refractivity contribution in [1.82, 2.24) is 24.8 Å². The lowest BCUT2D eigenvalue weighted by atomic mass is 9.78. The van der Waals surface area contributed by atoms with Crippen molar-refractivity contribution >= 4 is 29.7 Å². The van der Waals surface area contributed by atoms with Gasteiger partial charge >= 0.3 is 18.2 Å². The number of rotatable bonds is 8. The van der Waals surface area contributed by atoms with E-state index in [1.165, 1.54) is 11.4 Å². The zero-order chi connectivity index (χ0) is 30.0. The normalized spacial score (nSPS) is 24.9. The van der Waals surface area contributed by atoms with E-state index < -0.39 is 41.6 Å². The van der Waals surface area contributed by atoms with Crippen LogP contribution in [0.2, 0.25) is 0 Å². The Kier molecular flexibility index (Phi) is 8.15. The summed E-state index contributed by atoms with van der Waals surface area (Å²) in [6, 6.07) is 11.5. The summed E-state index contributed by atoms with van der Waals surface area (Å²) < 4.78 is 7.01. The summed E-state index contributed by atoms with van der Waals surface area (Å²) in [6.45, 7) is 3.87. The molecule has 2 aliphatic rings. The van der Waals surface area contributed by atoms with Gasteiger partial charge in [0, 0.05) is 12.5 Å². The number of carbonyl (C=O) groups excluding carboxylic acids is 2. The topological polar surface area (TPSA) is 163 Å². The summed E-state index contributed by atoms with van der Waals surface area (Å²) in [7, 11) is 0. The monoisotopic (exact) mass is 577 g/mol. The molecular weight excluding hydrogens is 542 g/mol. The van der Waals surface area contributed by atoms with Crippen LogP contribution in [0.5, 0.6) is 0 Å². The van der Waals surface area contributed by atoms with Crippen LogP contribution >= 0.6 is 0 Å². The highest BCUT2D eigenvalue weighted by molar-refractivity contribution is 6.09. The van der Waals surface area contributed by atoms with Crippen LogP contribution in [0, 0.1) is 17.3 Å². The fraction of sp³-hybridized carbons (Fsp3) is 0.467. The third kappa shape index (κ3) is 5.79. The molecule has 2 aromatic heterocycles.